The minimum absolute atomic E-state index is 0.107. The highest BCUT2D eigenvalue weighted by Gasteiger charge is 2.14. The van der Waals surface area contributed by atoms with E-state index in [1.165, 1.54) is 5.56 Å². The zero-order valence-corrected chi connectivity index (χ0v) is 15.6. The maximum atomic E-state index is 12.3. The fourth-order valence-electron chi connectivity index (χ4n) is 2.83. The summed E-state index contributed by atoms with van der Waals surface area (Å²) in [7, 11) is 0. The molecular formula is C22H19N3O3. The number of carbonyl (C=O) groups is 1. The highest BCUT2D eigenvalue weighted by Crippen LogP contribution is 2.21. The molecule has 0 saturated carbocycles. The van der Waals surface area contributed by atoms with Crippen molar-refractivity contribution in [2.75, 3.05) is 0 Å². The molecule has 0 aliphatic carbocycles. The number of aromatic nitrogens is 3. The molecule has 0 aliphatic rings. The number of hydrogen-bond donors (Lipinski definition) is 0. The summed E-state index contributed by atoms with van der Waals surface area (Å²) in [6.45, 7) is 4.17. The Hall–Kier alpha value is -3.54. The van der Waals surface area contributed by atoms with Gasteiger partial charge in [0.05, 0.1) is 5.52 Å². The van der Waals surface area contributed by atoms with Crippen LogP contribution in [0.4, 0.5) is 0 Å². The Morgan fingerprint density at radius 3 is 2.57 bits per heavy atom. The number of ether oxygens (including phenoxy) is 1. The van der Waals surface area contributed by atoms with Crippen molar-refractivity contribution in [3.8, 4) is 11.4 Å². The van der Waals surface area contributed by atoms with Gasteiger partial charge in [0, 0.05) is 10.9 Å². The van der Waals surface area contributed by atoms with E-state index in [0.717, 1.165) is 16.5 Å². The molecule has 0 N–H and O–H groups in total. The molecule has 0 aliphatic heterocycles. The summed E-state index contributed by atoms with van der Waals surface area (Å²) in [4.78, 5) is 20.9. The van der Waals surface area contributed by atoms with Gasteiger partial charge in [0.2, 0.25) is 5.82 Å². The lowest BCUT2D eigenvalue weighted by atomic mass is 10.0. The van der Waals surface area contributed by atoms with Gasteiger partial charge in [-0.3, -0.25) is 0 Å². The lowest BCUT2D eigenvalue weighted by Crippen LogP contribution is -2.07. The summed E-state index contributed by atoms with van der Waals surface area (Å²) in [5.74, 6) is 0.618. The van der Waals surface area contributed by atoms with E-state index < -0.39 is 5.97 Å². The van der Waals surface area contributed by atoms with E-state index in [1.54, 1.807) is 6.07 Å². The van der Waals surface area contributed by atoms with E-state index in [-0.39, 0.29) is 18.2 Å². The zero-order valence-electron chi connectivity index (χ0n) is 15.6. The summed E-state index contributed by atoms with van der Waals surface area (Å²) < 4.78 is 10.5. The third-order valence-electron chi connectivity index (χ3n) is 4.44. The van der Waals surface area contributed by atoms with Crippen LogP contribution in [0.5, 0.6) is 0 Å². The molecule has 0 spiro atoms. The first-order valence-corrected chi connectivity index (χ1v) is 9.06. The first-order chi connectivity index (χ1) is 13.6. The Balaban J connectivity index is 1.42. The minimum atomic E-state index is -0.535. The highest BCUT2D eigenvalue weighted by molar-refractivity contribution is 5.90. The predicted octanol–water partition coefficient (Wildman–Crippen LogP) is 4.77. The smallest absolute Gasteiger partial charge is 0.357 e. The molecule has 0 atom stereocenters. The van der Waals surface area contributed by atoms with Crippen molar-refractivity contribution >= 4 is 16.9 Å². The number of esters is 1. The van der Waals surface area contributed by atoms with Gasteiger partial charge < -0.3 is 9.26 Å². The summed E-state index contributed by atoms with van der Waals surface area (Å²) in [6.07, 6.45) is 0. The molecule has 6 heteroatoms. The molecule has 0 amide bonds. The Morgan fingerprint density at radius 2 is 1.79 bits per heavy atom. The molecule has 2 aromatic carbocycles. The van der Waals surface area contributed by atoms with Gasteiger partial charge in [0.15, 0.2) is 6.61 Å². The molecule has 4 aromatic rings. The van der Waals surface area contributed by atoms with Crippen molar-refractivity contribution < 1.29 is 14.1 Å². The Bertz CT molecular complexity index is 1120. The average molecular weight is 373 g/mol. The van der Waals surface area contributed by atoms with E-state index in [4.69, 9.17) is 9.26 Å². The van der Waals surface area contributed by atoms with Gasteiger partial charge in [-0.05, 0) is 23.6 Å². The second-order valence-electron chi connectivity index (χ2n) is 6.75. The van der Waals surface area contributed by atoms with Crippen LogP contribution in [0.1, 0.15) is 41.7 Å². The molecule has 0 bridgehead atoms. The number of hydrogen-bond acceptors (Lipinski definition) is 6. The van der Waals surface area contributed by atoms with Crippen molar-refractivity contribution in [2.45, 2.75) is 26.4 Å². The standard InChI is InChI=1S/C22H19N3O3/c1-14(2)15-7-9-17(10-8-15)21-24-20(28-25-21)13-27-22(26)19-12-11-16-5-3-4-6-18(16)23-19/h3-12,14H,13H2,1-2H3. The first kappa shape index (κ1) is 17.9. The number of fused-ring (bicyclic) bond motifs is 1. The maximum Gasteiger partial charge on any atom is 0.357 e. The van der Waals surface area contributed by atoms with Crippen molar-refractivity contribution in [3.05, 3.63) is 77.8 Å². The quantitative estimate of drug-likeness (QED) is 0.469. The molecule has 2 heterocycles. The van der Waals surface area contributed by atoms with Crippen LogP contribution >= 0.6 is 0 Å². The van der Waals surface area contributed by atoms with Crippen molar-refractivity contribution in [3.63, 3.8) is 0 Å². The van der Waals surface area contributed by atoms with Crippen LogP contribution in [0.15, 0.2) is 65.2 Å². The van der Waals surface area contributed by atoms with Crippen LogP contribution in [-0.4, -0.2) is 21.1 Å². The van der Waals surface area contributed by atoms with E-state index in [2.05, 4.69) is 29.0 Å². The molecule has 0 fully saturated rings. The number of pyridine rings is 1. The van der Waals surface area contributed by atoms with Gasteiger partial charge in [-0.25, -0.2) is 9.78 Å². The van der Waals surface area contributed by atoms with Gasteiger partial charge >= 0.3 is 5.97 Å². The maximum absolute atomic E-state index is 12.3. The highest BCUT2D eigenvalue weighted by atomic mass is 16.6. The number of benzene rings is 2. The van der Waals surface area contributed by atoms with E-state index in [9.17, 15) is 4.79 Å². The topological polar surface area (TPSA) is 78.1 Å². The van der Waals surface area contributed by atoms with E-state index in [1.807, 2.05) is 54.6 Å². The van der Waals surface area contributed by atoms with Crippen LogP contribution in [0, 0.1) is 0 Å². The summed E-state index contributed by atoms with van der Waals surface area (Å²) in [6, 6.07) is 19.0. The van der Waals surface area contributed by atoms with Crippen molar-refractivity contribution in [1.29, 1.82) is 0 Å². The lowest BCUT2D eigenvalue weighted by molar-refractivity contribution is 0.0423. The normalized spacial score (nSPS) is 11.1. The molecule has 2 aromatic heterocycles. The molecule has 4 rings (SSSR count). The summed E-state index contributed by atoms with van der Waals surface area (Å²) >= 11 is 0. The first-order valence-electron chi connectivity index (χ1n) is 9.06. The predicted molar refractivity (Wildman–Crippen MR) is 105 cm³/mol. The van der Waals surface area contributed by atoms with Gasteiger partial charge in [-0.1, -0.05) is 67.5 Å². The van der Waals surface area contributed by atoms with Crippen LogP contribution in [0.3, 0.4) is 0 Å². The number of rotatable bonds is 5. The van der Waals surface area contributed by atoms with Gasteiger partial charge in [-0.15, -0.1) is 0 Å². The van der Waals surface area contributed by atoms with Crippen LogP contribution < -0.4 is 0 Å². The molecule has 140 valence electrons. The summed E-state index contributed by atoms with van der Waals surface area (Å²) in [5.41, 5.74) is 3.07. The van der Waals surface area contributed by atoms with Gasteiger partial charge in [0.1, 0.15) is 5.69 Å². The Kier molecular flexibility index (Phi) is 4.85. The molecule has 6 nitrogen and oxygen atoms in total. The SMILES string of the molecule is CC(C)c1ccc(-c2noc(COC(=O)c3ccc4ccccc4n3)n2)cc1. The van der Waals surface area contributed by atoms with Crippen LogP contribution in [0.25, 0.3) is 22.3 Å². The zero-order chi connectivity index (χ0) is 19.5. The number of nitrogens with zero attached hydrogens (tertiary/aromatic N) is 3. The fourth-order valence-corrected chi connectivity index (χ4v) is 2.83. The summed E-state index contributed by atoms with van der Waals surface area (Å²) in [5, 5.41) is 4.92. The third-order valence-corrected chi connectivity index (χ3v) is 4.44. The van der Waals surface area contributed by atoms with E-state index in [0.29, 0.717) is 11.7 Å². The lowest BCUT2D eigenvalue weighted by Gasteiger charge is -2.04. The van der Waals surface area contributed by atoms with Gasteiger partial charge in [0.25, 0.3) is 5.89 Å². The molecule has 28 heavy (non-hydrogen) atoms. The minimum Gasteiger partial charge on any atom is -0.451 e. The second kappa shape index (κ2) is 7.60. The van der Waals surface area contributed by atoms with Gasteiger partial charge in [-0.2, -0.15) is 4.98 Å². The largest absolute Gasteiger partial charge is 0.451 e. The number of carbonyl (C=O) groups excluding carboxylic acids is 1. The molecule has 0 unspecified atom stereocenters. The Labute approximate surface area is 162 Å². The molecule has 0 radical (unpaired) electrons. The van der Waals surface area contributed by atoms with Crippen molar-refractivity contribution in [2.24, 2.45) is 0 Å². The molecule has 0 saturated heterocycles. The van der Waals surface area contributed by atoms with Crippen LogP contribution in [-0.2, 0) is 11.3 Å². The molecular weight excluding hydrogens is 354 g/mol. The van der Waals surface area contributed by atoms with Crippen molar-refractivity contribution in [1.82, 2.24) is 15.1 Å². The second-order valence-corrected chi connectivity index (χ2v) is 6.75. The Morgan fingerprint density at radius 1 is 1.00 bits per heavy atom. The van der Waals surface area contributed by atoms with E-state index >= 15 is 0 Å². The van der Waals surface area contributed by atoms with Crippen LogP contribution in [0.2, 0.25) is 0 Å². The fraction of sp³-hybridized carbons (Fsp3) is 0.182. The number of para-hydroxylation sites is 1. The monoisotopic (exact) mass is 373 g/mol. The third kappa shape index (κ3) is 3.76. The average Bonchev–Trinajstić information content (AvgIpc) is 3.21.